The maximum Gasteiger partial charge on any atom is 0.154 e. The first-order valence-corrected chi connectivity index (χ1v) is 23.5. The third kappa shape index (κ3) is 32.7. The Labute approximate surface area is 356 Å². The number of hydrogen-bond donors (Lipinski definition) is 0. The predicted molar refractivity (Wildman–Crippen MR) is 246 cm³/mol. The van der Waals surface area contributed by atoms with E-state index in [1.165, 1.54) is 89.9 Å². The van der Waals surface area contributed by atoms with Crippen LogP contribution in [-0.2, 0) is 28.4 Å². The Morgan fingerprint density at radius 1 is 0.333 bits per heavy atom. The van der Waals surface area contributed by atoms with Crippen molar-refractivity contribution in [2.24, 2.45) is 47.3 Å². The molecule has 7 rings (SSSR count). The zero-order valence-electron chi connectivity index (χ0n) is 39.7. The molecule has 7 aliphatic rings. The minimum Gasteiger partial charge on any atom is -0.378 e. The fourth-order valence-corrected chi connectivity index (χ4v) is 7.04. The molecule has 0 bridgehead atoms. The molecule has 57 heavy (non-hydrogen) atoms. The van der Waals surface area contributed by atoms with Crippen LogP contribution in [-0.4, -0.2) is 64.4 Å². The van der Waals surface area contributed by atoms with Crippen molar-refractivity contribution in [2.45, 2.75) is 219 Å². The summed E-state index contributed by atoms with van der Waals surface area (Å²) in [6.45, 7) is 36.0. The Morgan fingerprint density at radius 2 is 0.614 bits per heavy atom. The standard InChI is InChI=1S/C8H16.2C8H14.2C7H14O.2C6H12O2.CH4/c3*1-7-3-5-8(2)6-4-7;2*1-6-3-4-7(2)8-5-6;2*1-5-3-7-6(2)8-4-5;/h7-8H,3-6H2,1-2H3;2*3,8H,4-6H2,1-2H3;2*6-7H,3-5H2,1-2H3;2*5-6H,3-4H2,1-2H3;1H4/t;;;6?,7-;6-,7?;;;/m...11.../s1. The average molecular weight is 809 g/mol. The third-order valence-electron chi connectivity index (χ3n) is 12.0. The van der Waals surface area contributed by atoms with Crippen molar-refractivity contribution in [3.05, 3.63) is 23.3 Å². The summed E-state index contributed by atoms with van der Waals surface area (Å²) < 4.78 is 31.5. The zero-order chi connectivity index (χ0) is 41.9. The van der Waals surface area contributed by atoms with Gasteiger partial charge in [-0.15, -0.1) is 0 Å². The van der Waals surface area contributed by atoms with E-state index >= 15 is 0 Å². The van der Waals surface area contributed by atoms with Gasteiger partial charge in [0.1, 0.15) is 0 Å². The lowest BCUT2D eigenvalue weighted by Crippen LogP contribution is -2.27. The van der Waals surface area contributed by atoms with E-state index in [1.807, 2.05) is 13.8 Å². The molecular weight excluding hydrogens is 709 g/mol. The monoisotopic (exact) mass is 809 g/mol. The van der Waals surface area contributed by atoms with E-state index in [2.05, 4.69) is 95.2 Å². The second-order valence-corrected chi connectivity index (χ2v) is 19.6. The highest BCUT2D eigenvalue weighted by Gasteiger charge is 2.16. The van der Waals surface area contributed by atoms with Crippen molar-refractivity contribution in [2.75, 3.05) is 39.6 Å². The first-order valence-electron chi connectivity index (χ1n) is 23.5. The van der Waals surface area contributed by atoms with Gasteiger partial charge in [0.15, 0.2) is 12.6 Å². The van der Waals surface area contributed by atoms with Crippen LogP contribution in [0.4, 0.5) is 0 Å². The Balaban J connectivity index is 0.000000640. The average Bonchev–Trinajstić information content (AvgIpc) is 3.18. The van der Waals surface area contributed by atoms with Crippen molar-refractivity contribution in [3.63, 3.8) is 0 Å². The van der Waals surface area contributed by atoms with E-state index < -0.39 is 0 Å². The summed E-state index contributed by atoms with van der Waals surface area (Å²) in [6.07, 6.45) is 25.0. The van der Waals surface area contributed by atoms with Gasteiger partial charge in [-0.3, -0.25) is 0 Å². The second kappa shape index (κ2) is 33.9. The van der Waals surface area contributed by atoms with Crippen molar-refractivity contribution < 1.29 is 28.4 Å². The summed E-state index contributed by atoms with van der Waals surface area (Å²) in [4.78, 5) is 0. The lowest BCUT2D eigenvalue weighted by molar-refractivity contribution is -0.187. The highest BCUT2D eigenvalue weighted by molar-refractivity contribution is 5.02. The molecule has 0 amide bonds. The fraction of sp³-hybridized carbons (Fsp3) is 0.922. The van der Waals surface area contributed by atoms with Gasteiger partial charge in [0.2, 0.25) is 0 Å². The Kier molecular flexibility index (Phi) is 33.4. The molecule has 0 aromatic heterocycles. The van der Waals surface area contributed by atoms with Gasteiger partial charge in [-0.05, 0) is 141 Å². The number of hydrogen-bond acceptors (Lipinski definition) is 6. The molecule has 4 saturated heterocycles. The Hall–Kier alpha value is -0.760. The van der Waals surface area contributed by atoms with Crippen LogP contribution < -0.4 is 0 Å². The molecule has 1 saturated carbocycles. The third-order valence-corrected chi connectivity index (χ3v) is 12.0. The minimum absolute atomic E-state index is 0. The van der Waals surface area contributed by atoms with Crippen LogP contribution in [0.3, 0.4) is 0 Å². The molecule has 0 N–H and O–H groups in total. The fourth-order valence-electron chi connectivity index (χ4n) is 7.04. The lowest BCUT2D eigenvalue weighted by Gasteiger charge is -2.24. The summed E-state index contributed by atoms with van der Waals surface area (Å²) in [6, 6.07) is 0. The van der Waals surface area contributed by atoms with Crippen molar-refractivity contribution in [1.82, 2.24) is 0 Å². The smallest absolute Gasteiger partial charge is 0.154 e. The summed E-state index contributed by atoms with van der Waals surface area (Å²) in [5, 5.41) is 0. The van der Waals surface area contributed by atoms with E-state index in [0.29, 0.717) is 24.0 Å². The first-order chi connectivity index (χ1) is 26.5. The molecule has 0 aromatic carbocycles. The van der Waals surface area contributed by atoms with Gasteiger partial charge in [-0.2, -0.15) is 0 Å². The molecule has 3 aliphatic carbocycles. The maximum atomic E-state index is 5.39. The highest BCUT2D eigenvalue weighted by atomic mass is 16.7. The van der Waals surface area contributed by atoms with Gasteiger partial charge in [-0.25, -0.2) is 0 Å². The van der Waals surface area contributed by atoms with Crippen LogP contribution in [0.5, 0.6) is 0 Å². The van der Waals surface area contributed by atoms with Crippen LogP contribution in [0, 0.1) is 47.3 Å². The lowest BCUT2D eigenvalue weighted by atomic mass is 9.84. The maximum absolute atomic E-state index is 5.39. The normalized spacial score (nSPS) is 36.2. The molecule has 0 spiro atoms. The van der Waals surface area contributed by atoms with E-state index in [4.69, 9.17) is 28.4 Å². The van der Waals surface area contributed by atoms with Crippen molar-refractivity contribution >= 4 is 0 Å². The van der Waals surface area contributed by atoms with E-state index in [-0.39, 0.29) is 20.0 Å². The van der Waals surface area contributed by atoms with Gasteiger partial charge in [0.25, 0.3) is 0 Å². The number of rotatable bonds is 0. The Morgan fingerprint density at radius 3 is 0.807 bits per heavy atom. The molecule has 4 heterocycles. The summed E-state index contributed by atoms with van der Waals surface area (Å²) in [7, 11) is 0. The molecule has 4 unspecified atom stereocenters. The molecule has 0 radical (unpaired) electrons. The summed E-state index contributed by atoms with van der Waals surface area (Å²) >= 11 is 0. The summed E-state index contributed by atoms with van der Waals surface area (Å²) in [5.74, 6) is 6.67. The van der Waals surface area contributed by atoms with Crippen LogP contribution >= 0.6 is 0 Å². The first kappa shape index (κ1) is 56.2. The largest absolute Gasteiger partial charge is 0.378 e. The highest BCUT2D eigenvalue weighted by Crippen LogP contribution is 2.27. The zero-order valence-corrected chi connectivity index (χ0v) is 39.7. The molecule has 6 nitrogen and oxygen atoms in total. The molecular formula is C51H100O6. The molecule has 4 aliphatic heterocycles. The topological polar surface area (TPSA) is 55.4 Å². The molecule has 6 atom stereocenters. The minimum atomic E-state index is 0. The molecule has 340 valence electrons. The van der Waals surface area contributed by atoms with E-state index in [1.54, 1.807) is 11.1 Å². The van der Waals surface area contributed by atoms with Crippen LogP contribution in [0.15, 0.2) is 23.3 Å². The predicted octanol–water partition coefficient (Wildman–Crippen LogP) is 14.6. The van der Waals surface area contributed by atoms with Crippen LogP contribution in [0.2, 0.25) is 0 Å². The van der Waals surface area contributed by atoms with Crippen LogP contribution in [0.1, 0.15) is 194 Å². The van der Waals surface area contributed by atoms with Gasteiger partial charge in [0, 0.05) is 25.0 Å². The second-order valence-electron chi connectivity index (χ2n) is 19.6. The quantitative estimate of drug-likeness (QED) is 0.227. The van der Waals surface area contributed by atoms with E-state index in [0.717, 1.165) is 75.1 Å². The molecule has 5 fully saturated rings. The SMILES string of the molecule is C.CC1=CCC(C)CC1.CC1=CCC(C)CC1.CC1CCC(C)CC1.CC1CC[C@@H](C)CO1.CC1CC[C@@H](C)OC1.CC1COC(C)OC1.CC1COC(C)OC1. The van der Waals surface area contributed by atoms with Gasteiger partial charge >= 0.3 is 0 Å². The summed E-state index contributed by atoms with van der Waals surface area (Å²) in [5.41, 5.74) is 3.17. The molecule has 6 heteroatoms. The van der Waals surface area contributed by atoms with Gasteiger partial charge in [0.05, 0.1) is 38.6 Å². The van der Waals surface area contributed by atoms with Gasteiger partial charge < -0.3 is 28.4 Å². The van der Waals surface area contributed by atoms with Crippen molar-refractivity contribution in [3.8, 4) is 0 Å². The van der Waals surface area contributed by atoms with Crippen molar-refractivity contribution in [1.29, 1.82) is 0 Å². The Bertz CT molecular complexity index is 762. The number of ether oxygens (including phenoxy) is 6. The van der Waals surface area contributed by atoms with Gasteiger partial charge in [-0.1, -0.05) is 112 Å². The number of allylic oxidation sites excluding steroid dienone is 4. The van der Waals surface area contributed by atoms with Crippen LogP contribution in [0.25, 0.3) is 0 Å². The molecule has 0 aromatic rings. The van der Waals surface area contributed by atoms with E-state index in [9.17, 15) is 0 Å².